The van der Waals surface area contributed by atoms with Crippen LogP contribution in [0.1, 0.15) is 44.7 Å². The Hall–Kier alpha value is -3.72. The number of carbonyl (C=O) groups excluding carboxylic acids is 4. The number of rotatable bonds is 3. The Morgan fingerprint density at radius 3 is 2.66 bits per heavy atom. The molecule has 1 fully saturated rings. The van der Waals surface area contributed by atoms with Crippen LogP contribution in [0.5, 0.6) is 5.75 Å². The van der Waals surface area contributed by atoms with Gasteiger partial charge < -0.3 is 10.5 Å². The molecule has 3 heterocycles. The highest BCUT2D eigenvalue weighted by molar-refractivity contribution is 6.23. The first-order chi connectivity index (χ1) is 15.4. The van der Waals surface area contributed by atoms with Crippen molar-refractivity contribution in [2.24, 2.45) is 0 Å². The van der Waals surface area contributed by atoms with Crippen molar-refractivity contribution in [2.45, 2.75) is 32.0 Å². The van der Waals surface area contributed by atoms with Gasteiger partial charge in [-0.25, -0.2) is 0 Å². The predicted octanol–water partition coefficient (Wildman–Crippen LogP) is 1.06. The van der Waals surface area contributed by atoms with Crippen LogP contribution in [-0.2, 0) is 22.7 Å². The molecular weight excluding hydrogens is 412 g/mol. The average molecular weight is 434 g/mol. The third-order valence-electron chi connectivity index (χ3n) is 6.06. The van der Waals surface area contributed by atoms with Crippen LogP contribution in [0.4, 0.5) is 5.69 Å². The number of imide groups is 2. The molecule has 0 spiro atoms. The lowest BCUT2D eigenvalue weighted by Crippen LogP contribution is -2.54. The molecule has 1 atom stereocenters. The molecule has 0 bridgehead atoms. The number of nitrogens with one attached hydrogen (secondary N) is 1. The van der Waals surface area contributed by atoms with E-state index in [2.05, 4.69) is 10.2 Å². The van der Waals surface area contributed by atoms with E-state index < -0.39 is 29.7 Å². The van der Waals surface area contributed by atoms with Crippen molar-refractivity contribution in [3.63, 3.8) is 0 Å². The van der Waals surface area contributed by atoms with Crippen molar-refractivity contribution in [2.75, 3.05) is 18.9 Å². The molecule has 0 radical (unpaired) electrons. The van der Waals surface area contributed by atoms with Crippen LogP contribution in [-0.4, -0.2) is 52.6 Å². The first-order valence-electron chi connectivity index (χ1n) is 10.5. The van der Waals surface area contributed by atoms with E-state index in [-0.39, 0.29) is 24.0 Å². The zero-order chi connectivity index (χ0) is 22.4. The summed E-state index contributed by atoms with van der Waals surface area (Å²) in [4.78, 5) is 52.7. The summed E-state index contributed by atoms with van der Waals surface area (Å²) >= 11 is 0. The van der Waals surface area contributed by atoms with Crippen molar-refractivity contribution in [1.29, 1.82) is 0 Å². The van der Waals surface area contributed by atoms with Crippen molar-refractivity contribution >= 4 is 29.3 Å². The van der Waals surface area contributed by atoms with Gasteiger partial charge in [0.25, 0.3) is 11.8 Å². The molecule has 9 heteroatoms. The van der Waals surface area contributed by atoms with Gasteiger partial charge in [-0.05, 0) is 30.2 Å². The SMILES string of the molecule is Nc1ccc2c(c1)OCCN(Cc1ccc3c(c1)C(=O)N(C1CCC(=O)NC1=O)C3=O)C2. The lowest BCUT2D eigenvalue weighted by molar-refractivity contribution is -0.136. The van der Waals surface area contributed by atoms with Gasteiger partial charge in [0.1, 0.15) is 18.4 Å². The highest BCUT2D eigenvalue weighted by Crippen LogP contribution is 2.30. The molecule has 3 aliphatic heterocycles. The number of ether oxygens (including phenoxy) is 1. The zero-order valence-corrected chi connectivity index (χ0v) is 17.3. The quantitative estimate of drug-likeness (QED) is 0.547. The fourth-order valence-electron chi connectivity index (χ4n) is 4.45. The van der Waals surface area contributed by atoms with Gasteiger partial charge in [0.15, 0.2) is 0 Å². The average Bonchev–Trinajstić information content (AvgIpc) is 2.89. The lowest BCUT2D eigenvalue weighted by Gasteiger charge is -2.27. The Balaban J connectivity index is 1.35. The third kappa shape index (κ3) is 3.50. The number of hydrogen-bond donors (Lipinski definition) is 2. The van der Waals surface area contributed by atoms with Gasteiger partial charge in [0, 0.05) is 43.4 Å². The molecule has 9 nitrogen and oxygen atoms in total. The van der Waals surface area contributed by atoms with Gasteiger partial charge in [-0.3, -0.25) is 34.3 Å². The minimum Gasteiger partial charge on any atom is -0.492 e. The number of carbonyl (C=O) groups is 4. The van der Waals surface area contributed by atoms with E-state index in [1.165, 1.54) is 0 Å². The summed E-state index contributed by atoms with van der Waals surface area (Å²) < 4.78 is 5.81. The summed E-state index contributed by atoms with van der Waals surface area (Å²) in [6, 6.07) is 9.84. The van der Waals surface area contributed by atoms with E-state index in [9.17, 15) is 19.2 Å². The number of amides is 4. The monoisotopic (exact) mass is 434 g/mol. The second-order valence-corrected chi connectivity index (χ2v) is 8.25. The Morgan fingerprint density at radius 1 is 1.03 bits per heavy atom. The molecule has 0 saturated carbocycles. The molecule has 1 unspecified atom stereocenters. The summed E-state index contributed by atoms with van der Waals surface area (Å²) in [6.45, 7) is 2.45. The number of anilines is 1. The van der Waals surface area contributed by atoms with Crippen LogP contribution in [0.3, 0.4) is 0 Å². The van der Waals surface area contributed by atoms with Crippen molar-refractivity contribution in [3.8, 4) is 5.75 Å². The second-order valence-electron chi connectivity index (χ2n) is 8.25. The molecule has 0 aliphatic carbocycles. The topological polar surface area (TPSA) is 122 Å². The second kappa shape index (κ2) is 7.76. The summed E-state index contributed by atoms with van der Waals surface area (Å²) in [5, 5.41) is 2.21. The van der Waals surface area contributed by atoms with E-state index >= 15 is 0 Å². The molecule has 3 N–H and O–H groups in total. The van der Waals surface area contributed by atoms with E-state index in [4.69, 9.17) is 10.5 Å². The molecule has 3 aliphatic rings. The van der Waals surface area contributed by atoms with Gasteiger partial charge in [0.2, 0.25) is 11.8 Å². The highest BCUT2D eigenvalue weighted by Gasteiger charge is 2.44. The number of nitrogen functional groups attached to an aromatic ring is 1. The highest BCUT2D eigenvalue weighted by atomic mass is 16.5. The number of nitrogens with zero attached hydrogens (tertiary/aromatic N) is 2. The van der Waals surface area contributed by atoms with Crippen molar-refractivity contribution in [3.05, 3.63) is 58.7 Å². The molecule has 32 heavy (non-hydrogen) atoms. The Kier molecular flexibility index (Phi) is 4.90. The Labute approximate surface area is 184 Å². The largest absolute Gasteiger partial charge is 0.492 e. The molecule has 0 aromatic heterocycles. The fourth-order valence-corrected chi connectivity index (χ4v) is 4.45. The molecule has 5 rings (SSSR count). The Morgan fingerprint density at radius 2 is 1.84 bits per heavy atom. The van der Waals surface area contributed by atoms with Crippen LogP contribution in [0.15, 0.2) is 36.4 Å². The molecule has 2 aromatic carbocycles. The van der Waals surface area contributed by atoms with E-state index in [0.29, 0.717) is 31.9 Å². The Bertz CT molecular complexity index is 1160. The minimum atomic E-state index is -0.963. The van der Waals surface area contributed by atoms with Gasteiger partial charge >= 0.3 is 0 Å². The number of benzene rings is 2. The van der Waals surface area contributed by atoms with Gasteiger partial charge in [-0.2, -0.15) is 0 Å². The summed E-state index contributed by atoms with van der Waals surface area (Å²) in [5.74, 6) is -1.22. The van der Waals surface area contributed by atoms with Crippen LogP contribution in [0, 0.1) is 0 Å². The summed E-state index contributed by atoms with van der Waals surface area (Å²) in [6.07, 6.45) is 0.236. The van der Waals surface area contributed by atoms with Gasteiger partial charge in [-0.15, -0.1) is 0 Å². The molecule has 164 valence electrons. The summed E-state index contributed by atoms with van der Waals surface area (Å²) in [7, 11) is 0. The van der Waals surface area contributed by atoms with Crippen LogP contribution in [0.25, 0.3) is 0 Å². The van der Waals surface area contributed by atoms with Gasteiger partial charge in [-0.1, -0.05) is 12.1 Å². The maximum Gasteiger partial charge on any atom is 0.262 e. The first-order valence-corrected chi connectivity index (χ1v) is 10.5. The maximum atomic E-state index is 13.0. The molecule has 1 saturated heterocycles. The fraction of sp³-hybridized carbons (Fsp3) is 0.304. The predicted molar refractivity (Wildman–Crippen MR) is 114 cm³/mol. The summed E-state index contributed by atoms with van der Waals surface area (Å²) in [5.41, 5.74) is 8.99. The lowest BCUT2D eigenvalue weighted by atomic mass is 10.0. The van der Waals surface area contributed by atoms with Crippen LogP contribution in [0.2, 0.25) is 0 Å². The smallest absolute Gasteiger partial charge is 0.262 e. The number of nitrogens with two attached hydrogens (primary N) is 1. The standard InChI is InChI=1S/C23H22N4O5/c24-15-3-2-14-12-26(7-8-32-19(14)10-15)11-13-1-4-16-17(9-13)23(31)27(22(16)30)18-5-6-20(28)25-21(18)29/h1-4,9-10,18H,5-8,11-12,24H2,(H,25,28,29). The molecular formula is C23H22N4O5. The van der Waals surface area contributed by atoms with E-state index in [0.717, 1.165) is 21.8 Å². The first kappa shape index (κ1) is 20.2. The maximum absolute atomic E-state index is 13.0. The minimum absolute atomic E-state index is 0.0964. The van der Waals surface area contributed by atoms with Crippen molar-refractivity contribution in [1.82, 2.24) is 15.1 Å². The zero-order valence-electron chi connectivity index (χ0n) is 17.3. The molecule has 4 amide bonds. The number of piperidine rings is 1. The number of fused-ring (bicyclic) bond motifs is 2. The van der Waals surface area contributed by atoms with Crippen LogP contribution < -0.4 is 15.8 Å². The molecule has 2 aromatic rings. The van der Waals surface area contributed by atoms with Crippen LogP contribution >= 0.6 is 0 Å². The van der Waals surface area contributed by atoms with Gasteiger partial charge in [0.05, 0.1) is 11.1 Å². The van der Waals surface area contributed by atoms with E-state index in [1.54, 1.807) is 12.1 Å². The van der Waals surface area contributed by atoms with E-state index in [1.807, 2.05) is 24.3 Å². The van der Waals surface area contributed by atoms with Crippen molar-refractivity contribution < 1.29 is 23.9 Å². The normalized spacial score (nSPS) is 21.0. The number of hydrogen-bond acceptors (Lipinski definition) is 7. The third-order valence-corrected chi connectivity index (χ3v) is 6.06.